The number of nitrogens with zero attached hydrogens (tertiary/aromatic N) is 1. The van der Waals surface area contributed by atoms with Gasteiger partial charge in [0.15, 0.2) is 0 Å². The van der Waals surface area contributed by atoms with Gasteiger partial charge in [-0.3, -0.25) is 10.1 Å². The molecule has 7 heteroatoms. The number of ether oxygens (including phenoxy) is 1. The van der Waals surface area contributed by atoms with Gasteiger partial charge in [0, 0.05) is 17.7 Å². The Kier molecular flexibility index (Phi) is 3.27. The largest absolute Gasteiger partial charge is 0.409 e. The molecule has 0 unspecified atom stereocenters. The molecule has 0 aliphatic rings. The molecule has 14 heavy (non-hydrogen) atoms. The maximum Gasteiger partial charge on any atom is 0.409 e. The summed E-state index contributed by atoms with van der Waals surface area (Å²) in [5.74, 6) is -0.348. The lowest BCUT2D eigenvalue weighted by Crippen LogP contribution is -2.00. The molecular weight excluding hydrogens is 233 g/mol. The molecule has 0 aromatic heterocycles. The molecule has 1 rings (SSSR count). The first-order valence-electron chi connectivity index (χ1n) is 3.32. The Labute approximate surface area is 88.3 Å². The van der Waals surface area contributed by atoms with Gasteiger partial charge in [0.2, 0.25) is 5.75 Å². The number of benzene rings is 1. The van der Waals surface area contributed by atoms with Gasteiger partial charge in [-0.1, -0.05) is 17.7 Å². The van der Waals surface area contributed by atoms with Gasteiger partial charge < -0.3 is 4.74 Å². The number of rotatable bonds is 2. The lowest BCUT2D eigenvalue weighted by molar-refractivity contribution is -0.385. The molecule has 74 valence electrons. The van der Waals surface area contributed by atoms with Crippen LogP contribution < -0.4 is 4.74 Å². The Hall–Kier alpha value is -1.33. The second-order valence-corrected chi connectivity index (χ2v) is 2.90. The second kappa shape index (κ2) is 4.26. The molecule has 0 heterocycles. The number of hydrogen-bond acceptors (Lipinski definition) is 4. The Morgan fingerprint density at radius 1 is 1.50 bits per heavy atom. The molecule has 0 amide bonds. The fourth-order valence-corrected chi connectivity index (χ4v) is 1.11. The zero-order valence-corrected chi connectivity index (χ0v) is 8.08. The topological polar surface area (TPSA) is 69.4 Å². The monoisotopic (exact) mass is 235 g/mol. The van der Waals surface area contributed by atoms with Crippen LogP contribution in [0.3, 0.4) is 0 Å². The average molecular weight is 236 g/mol. The Bertz CT molecular complexity index is 393. The third kappa shape index (κ3) is 2.34. The minimum absolute atomic E-state index is 0.0480. The van der Waals surface area contributed by atoms with Crippen LogP contribution in [0.15, 0.2) is 18.2 Å². The number of nitro groups is 1. The molecular formula is C7H3Cl2NO4. The maximum atomic E-state index is 10.5. The van der Waals surface area contributed by atoms with Crippen LogP contribution in [0.25, 0.3) is 0 Å². The third-order valence-corrected chi connectivity index (χ3v) is 1.70. The highest BCUT2D eigenvalue weighted by atomic mass is 35.5. The highest BCUT2D eigenvalue weighted by Gasteiger charge is 2.20. The summed E-state index contributed by atoms with van der Waals surface area (Å²) in [5, 5.41) is 10.4. The first-order chi connectivity index (χ1) is 6.52. The van der Waals surface area contributed by atoms with E-state index in [9.17, 15) is 14.9 Å². The summed E-state index contributed by atoms with van der Waals surface area (Å²) in [5.41, 5.74) is -1.59. The number of hydrogen-bond donors (Lipinski definition) is 0. The van der Waals surface area contributed by atoms with Gasteiger partial charge in [0.05, 0.1) is 9.95 Å². The lowest BCUT2D eigenvalue weighted by atomic mass is 10.3. The predicted molar refractivity (Wildman–Crippen MR) is 50.0 cm³/mol. The summed E-state index contributed by atoms with van der Waals surface area (Å²) in [7, 11) is 0. The third-order valence-electron chi connectivity index (χ3n) is 1.33. The quantitative estimate of drug-likeness (QED) is 0.449. The molecule has 0 saturated carbocycles. The van der Waals surface area contributed by atoms with Crippen LogP contribution in [0.5, 0.6) is 5.75 Å². The van der Waals surface area contributed by atoms with Crippen molar-refractivity contribution < 1.29 is 14.5 Å². The van der Waals surface area contributed by atoms with E-state index < -0.39 is 16.0 Å². The fraction of sp³-hybridized carbons (Fsp3) is 0. The van der Waals surface area contributed by atoms with Crippen LogP contribution in [-0.4, -0.2) is 10.4 Å². The van der Waals surface area contributed by atoms with Crippen LogP contribution in [0.4, 0.5) is 10.5 Å². The summed E-state index contributed by atoms with van der Waals surface area (Å²) in [4.78, 5) is 20.1. The van der Waals surface area contributed by atoms with E-state index in [0.29, 0.717) is 0 Å². The normalized spacial score (nSPS) is 9.57. The molecule has 0 radical (unpaired) electrons. The van der Waals surface area contributed by atoms with Gasteiger partial charge in [-0.05, 0) is 6.07 Å². The van der Waals surface area contributed by atoms with Crippen molar-refractivity contribution in [1.29, 1.82) is 0 Å². The van der Waals surface area contributed by atoms with Crippen molar-refractivity contribution in [3.05, 3.63) is 33.3 Å². The second-order valence-electron chi connectivity index (χ2n) is 2.18. The molecule has 0 bridgehead atoms. The molecule has 1 aromatic carbocycles. The van der Waals surface area contributed by atoms with Crippen molar-refractivity contribution in [2.75, 3.05) is 0 Å². The first kappa shape index (κ1) is 10.7. The lowest BCUT2D eigenvalue weighted by Gasteiger charge is -2.02. The summed E-state index contributed by atoms with van der Waals surface area (Å²) in [6, 6.07) is 3.87. The number of carbonyl (C=O) groups excluding carboxylic acids is 1. The Morgan fingerprint density at radius 2 is 2.14 bits per heavy atom. The van der Waals surface area contributed by atoms with Crippen molar-refractivity contribution in [2.45, 2.75) is 0 Å². The van der Waals surface area contributed by atoms with Gasteiger partial charge in [-0.25, -0.2) is 4.79 Å². The summed E-state index contributed by atoms with van der Waals surface area (Å²) >= 11 is 10.5. The van der Waals surface area contributed by atoms with Crippen LogP contribution in [-0.2, 0) is 0 Å². The molecule has 0 aliphatic heterocycles. The van der Waals surface area contributed by atoms with E-state index in [2.05, 4.69) is 4.74 Å². The van der Waals surface area contributed by atoms with Crippen molar-refractivity contribution in [2.24, 2.45) is 0 Å². The molecule has 0 atom stereocenters. The minimum Gasteiger partial charge on any atom is -0.405 e. The van der Waals surface area contributed by atoms with Gasteiger partial charge in [-0.15, -0.1) is 0 Å². The first-order valence-corrected chi connectivity index (χ1v) is 4.08. The highest BCUT2D eigenvalue weighted by molar-refractivity contribution is 6.61. The molecule has 0 saturated heterocycles. The van der Waals surface area contributed by atoms with Gasteiger partial charge in [-0.2, -0.15) is 0 Å². The molecule has 1 aromatic rings. The van der Waals surface area contributed by atoms with Gasteiger partial charge in [0.1, 0.15) is 0 Å². The minimum atomic E-state index is -1.18. The zero-order chi connectivity index (χ0) is 10.7. The van der Waals surface area contributed by atoms with Crippen LogP contribution in [0, 0.1) is 10.1 Å². The van der Waals surface area contributed by atoms with E-state index in [1.807, 2.05) is 0 Å². The van der Waals surface area contributed by atoms with E-state index in [1.165, 1.54) is 12.1 Å². The van der Waals surface area contributed by atoms with Crippen molar-refractivity contribution in [3.8, 4) is 5.75 Å². The van der Waals surface area contributed by atoms with Crippen molar-refractivity contribution in [1.82, 2.24) is 0 Å². The van der Waals surface area contributed by atoms with E-state index in [0.717, 1.165) is 6.07 Å². The van der Waals surface area contributed by atoms with E-state index >= 15 is 0 Å². The van der Waals surface area contributed by atoms with Crippen LogP contribution in [0.2, 0.25) is 5.02 Å². The smallest absolute Gasteiger partial charge is 0.405 e. The summed E-state index contributed by atoms with van der Waals surface area (Å²) < 4.78 is 4.39. The number of halogens is 2. The van der Waals surface area contributed by atoms with Gasteiger partial charge in [0.25, 0.3) is 0 Å². The Balaban J connectivity index is 3.22. The van der Waals surface area contributed by atoms with E-state index in [4.69, 9.17) is 23.2 Å². The molecule has 0 fully saturated rings. The standard InChI is InChI=1S/C7H3Cl2NO4/c8-4-2-1-3-5(10(12)13)6(4)14-7(9)11/h1-3H. The van der Waals surface area contributed by atoms with Crippen LogP contribution in [0.1, 0.15) is 0 Å². The van der Waals surface area contributed by atoms with Gasteiger partial charge >= 0.3 is 11.1 Å². The number of carbonyl (C=O) groups is 1. The highest BCUT2D eigenvalue weighted by Crippen LogP contribution is 2.34. The Morgan fingerprint density at radius 3 is 2.64 bits per heavy atom. The molecule has 0 N–H and O–H groups in total. The SMILES string of the molecule is O=C(Cl)Oc1c(Cl)cccc1[N+](=O)[O-]. The predicted octanol–water partition coefficient (Wildman–Crippen LogP) is 2.99. The molecule has 5 nitrogen and oxygen atoms in total. The maximum absolute atomic E-state index is 10.5. The summed E-state index contributed by atoms with van der Waals surface area (Å²) in [6.07, 6.45) is 0. The van der Waals surface area contributed by atoms with E-state index in [1.54, 1.807) is 0 Å². The van der Waals surface area contributed by atoms with E-state index in [-0.39, 0.29) is 10.8 Å². The molecule has 0 aliphatic carbocycles. The number of para-hydroxylation sites is 1. The van der Waals surface area contributed by atoms with Crippen molar-refractivity contribution >= 4 is 34.3 Å². The summed E-state index contributed by atoms with van der Waals surface area (Å²) in [6.45, 7) is 0. The molecule has 0 spiro atoms. The fourth-order valence-electron chi connectivity index (χ4n) is 0.823. The average Bonchev–Trinajstić information content (AvgIpc) is 2.07. The zero-order valence-electron chi connectivity index (χ0n) is 6.57. The van der Waals surface area contributed by atoms with Crippen LogP contribution >= 0.6 is 23.2 Å². The number of nitro benzene ring substituents is 1. The van der Waals surface area contributed by atoms with Crippen molar-refractivity contribution in [3.63, 3.8) is 0 Å².